The minimum atomic E-state index is 0.466. The van der Waals surface area contributed by atoms with Crippen LogP contribution in [-0.2, 0) is 6.42 Å². The molecule has 1 heterocycles. The number of hydrogen-bond acceptors (Lipinski definition) is 5. The standard InChI is InChI=1S/C13H23N5/c1-4-10-16-11(7-12(17-10)18-14)15-8-13(5-6-13)9(2)3/h7,9H,4-6,8,14H2,1-3H3,(H2,15,16,17,18). The van der Waals surface area contributed by atoms with Gasteiger partial charge in [0.05, 0.1) is 0 Å². The molecule has 0 radical (unpaired) electrons. The number of aryl methyl sites for hydroxylation is 1. The summed E-state index contributed by atoms with van der Waals surface area (Å²) >= 11 is 0. The zero-order valence-corrected chi connectivity index (χ0v) is 11.5. The van der Waals surface area contributed by atoms with E-state index in [1.54, 1.807) is 0 Å². The minimum Gasteiger partial charge on any atom is -0.369 e. The Bertz CT molecular complexity index is 390. The van der Waals surface area contributed by atoms with Crippen LogP contribution in [0, 0.1) is 11.3 Å². The second kappa shape index (κ2) is 5.10. The fourth-order valence-corrected chi connectivity index (χ4v) is 2.21. The highest BCUT2D eigenvalue weighted by atomic mass is 15.3. The highest BCUT2D eigenvalue weighted by molar-refractivity contribution is 5.47. The van der Waals surface area contributed by atoms with Crippen LogP contribution < -0.4 is 16.6 Å². The van der Waals surface area contributed by atoms with Gasteiger partial charge in [-0.25, -0.2) is 15.8 Å². The molecule has 1 saturated carbocycles. The number of nitrogens with one attached hydrogen (secondary N) is 2. The van der Waals surface area contributed by atoms with E-state index in [1.807, 2.05) is 13.0 Å². The summed E-state index contributed by atoms with van der Waals surface area (Å²) in [5.74, 6) is 8.47. The van der Waals surface area contributed by atoms with Gasteiger partial charge in [0.2, 0.25) is 0 Å². The molecular weight excluding hydrogens is 226 g/mol. The van der Waals surface area contributed by atoms with E-state index in [9.17, 15) is 0 Å². The Balaban J connectivity index is 2.05. The predicted octanol–water partition coefficient (Wildman–Crippen LogP) is 2.17. The second-order valence-electron chi connectivity index (χ2n) is 5.42. The average molecular weight is 249 g/mol. The zero-order chi connectivity index (χ0) is 13.2. The third-order valence-corrected chi connectivity index (χ3v) is 3.98. The van der Waals surface area contributed by atoms with Gasteiger partial charge < -0.3 is 10.7 Å². The quantitative estimate of drug-likeness (QED) is 0.532. The van der Waals surface area contributed by atoms with Gasteiger partial charge in [-0.3, -0.25) is 0 Å². The first-order valence-electron chi connectivity index (χ1n) is 6.68. The molecule has 1 aliphatic rings. The molecule has 0 aliphatic heterocycles. The number of nitrogen functional groups attached to an aromatic ring is 1. The van der Waals surface area contributed by atoms with Crippen molar-refractivity contribution in [3.8, 4) is 0 Å². The highest BCUT2D eigenvalue weighted by Gasteiger charge is 2.44. The van der Waals surface area contributed by atoms with Gasteiger partial charge in [0, 0.05) is 19.0 Å². The molecule has 1 aromatic rings. The van der Waals surface area contributed by atoms with Crippen molar-refractivity contribution < 1.29 is 0 Å². The van der Waals surface area contributed by atoms with Crippen LogP contribution in [-0.4, -0.2) is 16.5 Å². The maximum Gasteiger partial charge on any atom is 0.145 e. The molecule has 0 aromatic carbocycles. The zero-order valence-electron chi connectivity index (χ0n) is 11.5. The molecule has 4 N–H and O–H groups in total. The molecule has 0 saturated heterocycles. The largest absolute Gasteiger partial charge is 0.369 e. The number of aromatic nitrogens is 2. The summed E-state index contributed by atoms with van der Waals surface area (Å²) in [6.45, 7) is 7.60. The van der Waals surface area contributed by atoms with Gasteiger partial charge in [-0.1, -0.05) is 20.8 Å². The van der Waals surface area contributed by atoms with Gasteiger partial charge in [-0.05, 0) is 24.2 Å². The molecule has 5 heteroatoms. The minimum absolute atomic E-state index is 0.466. The van der Waals surface area contributed by atoms with Crippen LogP contribution >= 0.6 is 0 Å². The fraction of sp³-hybridized carbons (Fsp3) is 0.692. The van der Waals surface area contributed by atoms with Crippen LogP contribution in [0.15, 0.2) is 6.07 Å². The Morgan fingerprint density at radius 3 is 2.50 bits per heavy atom. The van der Waals surface area contributed by atoms with Gasteiger partial charge in [0.15, 0.2) is 0 Å². The molecule has 1 aliphatic carbocycles. The maximum atomic E-state index is 5.42. The Kier molecular flexibility index (Phi) is 3.71. The first kappa shape index (κ1) is 13.1. The Morgan fingerprint density at radius 2 is 2.00 bits per heavy atom. The smallest absolute Gasteiger partial charge is 0.145 e. The van der Waals surface area contributed by atoms with E-state index in [2.05, 4.69) is 34.6 Å². The van der Waals surface area contributed by atoms with Crippen molar-refractivity contribution in [1.29, 1.82) is 0 Å². The van der Waals surface area contributed by atoms with E-state index in [1.165, 1.54) is 12.8 Å². The van der Waals surface area contributed by atoms with Gasteiger partial charge in [-0.2, -0.15) is 0 Å². The van der Waals surface area contributed by atoms with E-state index in [4.69, 9.17) is 5.84 Å². The van der Waals surface area contributed by atoms with E-state index in [-0.39, 0.29) is 0 Å². The van der Waals surface area contributed by atoms with Crippen LogP contribution in [0.3, 0.4) is 0 Å². The van der Waals surface area contributed by atoms with Crippen LogP contribution in [0.2, 0.25) is 0 Å². The van der Waals surface area contributed by atoms with Crippen molar-refractivity contribution in [3.05, 3.63) is 11.9 Å². The normalized spacial score (nSPS) is 16.7. The fourth-order valence-electron chi connectivity index (χ4n) is 2.21. The van der Waals surface area contributed by atoms with Gasteiger partial charge in [-0.15, -0.1) is 0 Å². The number of nitrogens with two attached hydrogens (primary N) is 1. The lowest BCUT2D eigenvalue weighted by atomic mass is 9.92. The molecule has 5 nitrogen and oxygen atoms in total. The van der Waals surface area contributed by atoms with E-state index >= 15 is 0 Å². The van der Waals surface area contributed by atoms with Crippen LogP contribution in [0.25, 0.3) is 0 Å². The monoisotopic (exact) mass is 249 g/mol. The molecule has 0 bridgehead atoms. The van der Waals surface area contributed by atoms with E-state index in [0.717, 1.165) is 24.6 Å². The Labute approximate surface area is 109 Å². The van der Waals surface area contributed by atoms with Gasteiger partial charge in [0.1, 0.15) is 17.5 Å². The topological polar surface area (TPSA) is 75.9 Å². The summed E-state index contributed by atoms with van der Waals surface area (Å²) in [7, 11) is 0. The molecule has 0 amide bonds. The van der Waals surface area contributed by atoms with Gasteiger partial charge >= 0.3 is 0 Å². The third-order valence-electron chi connectivity index (χ3n) is 3.98. The molecule has 1 fully saturated rings. The summed E-state index contributed by atoms with van der Waals surface area (Å²) in [5, 5.41) is 3.43. The summed E-state index contributed by atoms with van der Waals surface area (Å²) in [4.78, 5) is 8.75. The SMILES string of the molecule is CCc1nc(NN)cc(NCC2(C(C)C)CC2)n1. The molecule has 100 valence electrons. The lowest BCUT2D eigenvalue weighted by Gasteiger charge is -2.20. The summed E-state index contributed by atoms with van der Waals surface area (Å²) in [6.07, 6.45) is 3.43. The number of anilines is 2. The highest BCUT2D eigenvalue weighted by Crippen LogP contribution is 2.51. The number of rotatable bonds is 6. The van der Waals surface area contributed by atoms with Crippen LogP contribution in [0.5, 0.6) is 0 Å². The van der Waals surface area contributed by atoms with Crippen molar-refractivity contribution in [1.82, 2.24) is 9.97 Å². The molecule has 18 heavy (non-hydrogen) atoms. The van der Waals surface area contributed by atoms with Crippen molar-refractivity contribution in [3.63, 3.8) is 0 Å². The lowest BCUT2D eigenvalue weighted by molar-refractivity contribution is 0.380. The van der Waals surface area contributed by atoms with Crippen LogP contribution in [0.1, 0.15) is 39.4 Å². The average Bonchev–Trinajstić information content (AvgIpc) is 3.17. The summed E-state index contributed by atoms with van der Waals surface area (Å²) < 4.78 is 0. The molecule has 0 spiro atoms. The molecule has 0 atom stereocenters. The second-order valence-corrected chi connectivity index (χ2v) is 5.42. The Hall–Kier alpha value is -1.36. The van der Waals surface area contributed by atoms with E-state index in [0.29, 0.717) is 17.2 Å². The molecule has 1 aromatic heterocycles. The van der Waals surface area contributed by atoms with Crippen molar-refractivity contribution >= 4 is 11.6 Å². The molecular formula is C13H23N5. The van der Waals surface area contributed by atoms with Crippen molar-refractivity contribution in [2.75, 3.05) is 17.3 Å². The van der Waals surface area contributed by atoms with Crippen LogP contribution in [0.4, 0.5) is 11.6 Å². The molecule has 0 unspecified atom stereocenters. The predicted molar refractivity (Wildman–Crippen MR) is 74.2 cm³/mol. The number of hydrazine groups is 1. The maximum absolute atomic E-state index is 5.42. The lowest BCUT2D eigenvalue weighted by Crippen LogP contribution is -2.22. The summed E-state index contributed by atoms with van der Waals surface area (Å²) in [6, 6.07) is 1.86. The van der Waals surface area contributed by atoms with E-state index < -0.39 is 0 Å². The van der Waals surface area contributed by atoms with Gasteiger partial charge in [0.25, 0.3) is 0 Å². The third kappa shape index (κ3) is 2.72. The summed E-state index contributed by atoms with van der Waals surface area (Å²) in [5.41, 5.74) is 3.05. The first-order valence-corrected chi connectivity index (χ1v) is 6.68. The number of hydrogen-bond donors (Lipinski definition) is 3. The first-order chi connectivity index (χ1) is 8.59. The molecule has 2 rings (SSSR count). The van der Waals surface area contributed by atoms with Crippen molar-refractivity contribution in [2.24, 2.45) is 17.2 Å². The number of nitrogens with zero attached hydrogens (tertiary/aromatic N) is 2. The Morgan fingerprint density at radius 1 is 1.33 bits per heavy atom. The van der Waals surface area contributed by atoms with Crippen molar-refractivity contribution in [2.45, 2.75) is 40.0 Å².